The number of aryl methyl sites for hydroxylation is 1. The third-order valence-corrected chi connectivity index (χ3v) is 5.80. The molecule has 0 aliphatic heterocycles. The summed E-state index contributed by atoms with van der Waals surface area (Å²) in [7, 11) is -3.61. The first-order valence-corrected chi connectivity index (χ1v) is 9.05. The van der Waals surface area contributed by atoms with Crippen molar-refractivity contribution in [2.45, 2.75) is 11.1 Å². The van der Waals surface area contributed by atoms with Crippen LogP contribution in [0.15, 0.2) is 56.8 Å². The molecule has 0 aliphatic rings. The van der Waals surface area contributed by atoms with Gasteiger partial charge in [0.25, 0.3) is 15.6 Å². The predicted octanol–water partition coefficient (Wildman–Crippen LogP) is 2.61. The van der Waals surface area contributed by atoms with Crippen molar-refractivity contribution in [1.82, 2.24) is 9.97 Å². The Kier molecular flexibility index (Phi) is 4.01. The number of nitrogens with zero attached hydrogens (tertiary/aromatic N) is 1. The fraction of sp³-hybridized carbons (Fsp3) is 0.0667. The molecule has 0 atom stereocenters. The number of nitrogens with one attached hydrogen (secondary N) is 2. The molecule has 3 aromatic rings. The Labute approximate surface area is 136 Å². The third kappa shape index (κ3) is 3.49. The minimum atomic E-state index is -3.61. The largest absolute Gasteiger partial charge is 0.307 e. The normalized spacial score (nSPS) is 11.3. The average Bonchev–Trinajstić information content (AvgIpc) is 3.01. The molecule has 0 aliphatic carbocycles. The summed E-state index contributed by atoms with van der Waals surface area (Å²) in [6.07, 6.45) is 0. The zero-order chi connectivity index (χ0) is 16.4. The van der Waals surface area contributed by atoms with E-state index in [1.54, 1.807) is 42.6 Å². The van der Waals surface area contributed by atoms with Crippen LogP contribution in [0.25, 0.3) is 11.4 Å². The van der Waals surface area contributed by atoms with Crippen LogP contribution in [0.5, 0.6) is 0 Å². The number of aromatic nitrogens is 2. The number of anilines is 1. The lowest BCUT2D eigenvalue weighted by atomic mass is 10.2. The Morgan fingerprint density at radius 3 is 2.70 bits per heavy atom. The molecule has 118 valence electrons. The first-order chi connectivity index (χ1) is 10.9. The van der Waals surface area contributed by atoms with Gasteiger partial charge in [-0.2, -0.15) is 0 Å². The van der Waals surface area contributed by atoms with E-state index in [0.29, 0.717) is 22.8 Å². The van der Waals surface area contributed by atoms with Crippen LogP contribution < -0.4 is 10.3 Å². The number of H-pyrrole nitrogens is 1. The van der Waals surface area contributed by atoms with Crippen molar-refractivity contribution in [3.05, 3.63) is 63.9 Å². The lowest BCUT2D eigenvalue weighted by Crippen LogP contribution is -2.12. The van der Waals surface area contributed by atoms with Crippen LogP contribution in [0.1, 0.15) is 5.69 Å². The zero-order valence-electron chi connectivity index (χ0n) is 12.1. The molecule has 0 bridgehead atoms. The molecule has 8 heteroatoms. The van der Waals surface area contributed by atoms with Crippen molar-refractivity contribution in [2.75, 3.05) is 4.72 Å². The Balaban J connectivity index is 1.96. The van der Waals surface area contributed by atoms with E-state index in [4.69, 9.17) is 0 Å². The van der Waals surface area contributed by atoms with Gasteiger partial charge in [0.05, 0.1) is 0 Å². The molecule has 1 aromatic carbocycles. The summed E-state index contributed by atoms with van der Waals surface area (Å²) in [6, 6.07) is 11.3. The molecular weight excluding hydrogens is 334 g/mol. The summed E-state index contributed by atoms with van der Waals surface area (Å²) >= 11 is 1.14. The van der Waals surface area contributed by atoms with E-state index in [2.05, 4.69) is 14.7 Å². The van der Waals surface area contributed by atoms with Crippen molar-refractivity contribution in [1.29, 1.82) is 0 Å². The molecule has 2 N–H and O–H groups in total. The van der Waals surface area contributed by atoms with Crippen LogP contribution in [0.2, 0.25) is 0 Å². The van der Waals surface area contributed by atoms with Gasteiger partial charge in [0.1, 0.15) is 10.0 Å². The van der Waals surface area contributed by atoms with Gasteiger partial charge in [-0.3, -0.25) is 9.52 Å². The van der Waals surface area contributed by atoms with E-state index in [1.165, 1.54) is 12.1 Å². The Morgan fingerprint density at radius 2 is 2.00 bits per heavy atom. The average molecular weight is 347 g/mol. The van der Waals surface area contributed by atoms with Crippen molar-refractivity contribution < 1.29 is 8.42 Å². The zero-order valence-corrected chi connectivity index (χ0v) is 13.7. The van der Waals surface area contributed by atoms with Crippen LogP contribution >= 0.6 is 11.3 Å². The smallest absolute Gasteiger partial charge is 0.271 e. The SMILES string of the molecule is Cc1cc(=O)[nH]c(-c2cccc(NS(=O)(=O)c3cccs3)c2)n1. The van der Waals surface area contributed by atoms with Crippen LogP contribution in [0, 0.1) is 6.92 Å². The van der Waals surface area contributed by atoms with Crippen LogP contribution in [-0.4, -0.2) is 18.4 Å². The number of thiophene rings is 1. The van der Waals surface area contributed by atoms with Gasteiger partial charge in [-0.25, -0.2) is 13.4 Å². The summed E-state index contributed by atoms with van der Waals surface area (Å²) < 4.78 is 27.3. The number of benzene rings is 1. The van der Waals surface area contributed by atoms with E-state index in [0.717, 1.165) is 11.3 Å². The molecule has 0 unspecified atom stereocenters. The maximum atomic E-state index is 12.2. The Bertz CT molecular complexity index is 993. The molecular formula is C15H13N3O3S2. The van der Waals surface area contributed by atoms with E-state index in [9.17, 15) is 13.2 Å². The monoisotopic (exact) mass is 347 g/mol. The summed E-state index contributed by atoms with van der Waals surface area (Å²) in [5.74, 6) is 0.396. The van der Waals surface area contributed by atoms with Crippen LogP contribution in [-0.2, 0) is 10.0 Å². The van der Waals surface area contributed by atoms with Crippen LogP contribution in [0.3, 0.4) is 0 Å². The Morgan fingerprint density at radius 1 is 1.17 bits per heavy atom. The maximum Gasteiger partial charge on any atom is 0.271 e. The highest BCUT2D eigenvalue weighted by Crippen LogP contribution is 2.23. The second-order valence-electron chi connectivity index (χ2n) is 4.85. The van der Waals surface area contributed by atoms with Gasteiger partial charge in [0.2, 0.25) is 0 Å². The topological polar surface area (TPSA) is 91.9 Å². The number of hydrogen-bond donors (Lipinski definition) is 2. The maximum absolute atomic E-state index is 12.2. The second kappa shape index (κ2) is 5.98. The molecule has 3 rings (SSSR count). The van der Waals surface area contributed by atoms with Crippen molar-refractivity contribution in [3.63, 3.8) is 0 Å². The lowest BCUT2D eigenvalue weighted by Gasteiger charge is -2.08. The molecule has 0 saturated carbocycles. The summed E-state index contributed by atoms with van der Waals surface area (Å²) in [5.41, 5.74) is 1.36. The van der Waals surface area contributed by atoms with Gasteiger partial charge in [0, 0.05) is 23.0 Å². The minimum absolute atomic E-state index is 0.241. The molecule has 0 saturated heterocycles. The molecule has 0 radical (unpaired) electrons. The van der Waals surface area contributed by atoms with Gasteiger partial charge in [-0.1, -0.05) is 18.2 Å². The Hall–Kier alpha value is -2.45. The van der Waals surface area contributed by atoms with Gasteiger partial charge >= 0.3 is 0 Å². The highest BCUT2D eigenvalue weighted by atomic mass is 32.2. The highest BCUT2D eigenvalue weighted by molar-refractivity contribution is 7.94. The molecule has 0 spiro atoms. The molecule has 0 amide bonds. The van der Waals surface area contributed by atoms with E-state index < -0.39 is 10.0 Å². The quantitative estimate of drug-likeness (QED) is 0.759. The van der Waals surface area contributed by atoms with Gasteiger partial charge in [0.15, 0.2) is 0 Å². The molecule has 2 heterocycles. The van der Waals surface area contributed by atoms with E-state index in [1.807, 2.05) is 0 Å². The van der Waals surface area contributed by atoms with E-state index in [-0.39, 0.29) is 9.77 Å². The number of aromatic amines is 1. The summed E-state index contributed by atoms with van der Waals surface area (Å²) in [5, 5.41) is 1.70. The predicted molar refractivity (Wildman–Crippen MR) is 90.2 cm³/mol. The summed E-state index contributed by atoms with van der Waals surface area (Å²) in [4.78, 5) is 18.4. The van der Waals surface area contributed by atoms with E-state index >= 15 is 0 Å². The first-order valence-electron chi connectivity index (χ1n) is 6.69. The van der Waals surface area contributed by atoms with Crippen molar-refractivity contribution in [2.24, 2.45) is 0 Å². The standard InChI is InChI=1S/C15H13N3O3S2/c1-10-8-13(19)17-15(16-10)11-4-2-5-12(9-11)18-23(20,21)14-6-3-7-22-14/h2-9,18H,1H3,(H,16,17,19). The lowest BCUT2D eigenvalue weighted by molar-refractivity contribution is 0.603. The van der Waals surface area contributed by atoms with Crippen molar-refractivity contribution in [3.8, 4) is 11.4 Å². The summed E-state index contributed by atoms with van der Waals surface area (Å²) in [6.45, 7) is 1.72. The first kappa shape index (κ1) is 15.4. The fourth-order valence-corrected chi connectivity index (χ4v) is 4.11. The number of hydrogen-bond acceptors (Lipinski definition) is 5. The van der Waals surface area contributed by atoms with Crippen molar-refractivity contribution >= 4 is 27.0 Å². The van der Waals surface area contributed by atoms with Gasteiger partial charge in [-0.15, -0.1) is 11.3 Å². The fourth-order valence-electron chi connectivity index (χ4n) is 2.07. The second-order valence-corrected chi connectivity index (χ2v) is 7.71. The molecule has 23 heavy (non-hydrogen) atoms. The molecule has 2 aromatic heterocycles. The van der Waals surface area contributed by atoms with Gasteiger partial charge in [-0.05, 0) is 30.5 Å². The number of sulfonamides is 1. The third-order valence-electron chi connectivity index (χ3n) is 3.02. The molecule has 6 nitrogen and oxygen atoms in total. The number of rotatable bonds is 4. The minimum Gasteiger partial charge on any atom is -0.307 e. The van der Waals surface area contributed by atoms with Crippen LogP contribution in [0.4, 0.5) is 5.69 Å². The highest BCUT2D eigenvalue weighted by Gasteiger charge is 2.15. The van der Waals surface area contributed by atoms with Gasteiger partial charge < -0.3 is 4.98 Å². The molecule has 0 fully saturated rings.